The smallest absolute Gasteiger partial charge is 0.117 e. The number of halogens is 1. The fourth-order valence-electron chi connectivity index (χ4n) is 2.13. The highest BCUT2D eigenvalue weighted by molar-refractivity contribution is 5.75. The first-order chi connectivity index (χ1) is 10.3. The van der Waals surface area contributed by atoms with Crippen LogP contribution in [0.3, 0.4) is 0 Å². The number of benzene rings is 2. The molecule has 1 N–H and O–H groups in total. The van der Waals surface area contributed by atoms with Gasteiger partial charge in [-0.2, -0.15) is 0 Å². The van der Waals surface area contributed by atoms with E-state index in [1.165, 1.54) is 0 Å². The van der Waals surface area contributed by atoms with Crippen molar-refractivity contribution < 1.29 is 4.39 Å². The maximum atomic E-state index is 12.8. The van der Waals surface area contributed by atoms with Crippen LogP contribution < -0.4 is 10.2 Å². The third kappa shape index (κ3) is 3.81. The minimum absolute atomic E-state index is 0.494. The highest BCUT2D eigenvalue weighted by Crippen LogP contribution is 2.23. The van der Waals surface area contributed by atoms with E-state index in [0.717, 1.165) is 11.4 Å². The van der Waals surface area contributed by atoms with E-state index in [0.29, 0.717) is 17.8 Å². The van der Waals surface area contributed by atoms with Gasteiger partial charge in [0.25, 0.3) is 0 Å². The predicted octanol–water partition coefficient (Wildman–Crippen LogP) is 4.04. The van der Waals surface area contributed by atoms with Gasteiger partial charge in [-0.1, -0.05) is 30.3 Å². The van der Waals surface area contributed by atoms with Crippen molar-refractivity contribution in [1.29, 1.82) is 0 Å². The highest BCUT2D eigenvalue weighted by atomic mass is 19.1. The monoisotopic (exact) mass is 285 g/mol. The fraction of sp³-hybridized carbons (Fsp3) is 0.235. The quantitative estimate of drug-likeness (QED) is 0.811. The largest absolute Gasteiger partial charge is 0.386 e. The summed E-state index contributed by atoms with van der Waals surface area (Å²) in [5.74, 6) is 0. The third-order valence-electron chi connectivity index (χ3n) is 3.31. The molecule has 0 amide bonds. The molecule has 0 unspecified atom stereocenters. The van der Waals surface area contributed by atoms with Crippen LogP contribution in [0.4, 0.5) is 21.5 Å². The first-order valence-electron chi connectivity index (χ1n) is 6.90. The number of hydrogen-bond acceptors (Lipinski definition) is 3. The van der Waals surface area contributed by atoms with Crippen LogP contribution in [0.1, 0.15) is 5.56 Å². The number of nitrogens with one attached hydrogen (secondary N) is 1. The second kappa shape index (κ2) is 7.43. The summed E-state index contributed by atoms with van der Waals surface area (Å²) in [7, 11) is 3.90. The van der Waals surface area contributed by atoms with Crippen LogP contribution in [0.25, 0.3) is 0 Å². The lowest BCUT2D eigenvalue weighted by molar-refractivity contribution is 0.486. The summed E-state index contributed by atoms with van der Waals surface area (Å²) in [4.78, 5) is 6.46. The van der Waals surface area contributed by atoms with Gasteiger partial charge in [0.15, 0.2) is 0 Å². The van der Waals surface area contributed by atoms with Gasteiger partial charge >= 0.3 is 0 Å². The van der Waals surface area contributed by atoms with Gasteiger partial charge in [0.2, 0.25) is 0 Å². The fourth-order valence-corrected chi connectivity index (χ4v) is 2.13. The Morgan fingerprint density at radius 2 is 1.86 bits per heavy atom. The second-order valence-electron chi connectivity index (χ2n) is 4.72. The number of anilines is 2. The van der Waals surface area contributed by atoms with Gasteiger partial charge < -0.3 is 10.2 Å². The molecule has 2 aromatic carbocycles. The summed E-state index contributed by atoms with van der Waals surface area (Å²) in [6, 6.07) is 15.3. The van der Waals surface area contributed by atoms with Crippen LogP contribution in [-0.2, 0) is 6.67 Å². The molecular weight excluding hydrogens is 265 g/mol. The van der Waals surface area contributed by atoms with Gasteiger partial charge in [-0.25, -0.2) is 4.39 Å². The Morgan fingerprint density at radius 1 is 1.14 bits per heavy atom. The zero-order valence-corrected chi connectivity index (χ0v) is 12.4. The molecule has 0 aliphatic heterocycles. The molecule has 0 atom stereocenters. The number of aliphatic imine (C=N–C) groups is 1. The van der Waals surface area contributed by atoms with Gasteiger partial charge in [-0.15, -0.1) is 0 Å². The van der Waals surface area contributed by atoms with Gasteiger partial charge in [-0.05, 0) is 18.2 Å². The zero-order valence-electron chi connectivity index (χ0n) is 12.4. The minimum atomic E-state index is -0.494. The minimum Gasteiger partial charge on any atom is -0.386 e. The number of alkyl halides is 1. The molecule has 2 rings (SSSR count). The molecule has 0 spiro atoms. The average molecular weight is 285 g/mol. The molecule has 0 aromatic heterocycles. The predicted molar refractivity (Wildman–Crippen MR) is 88.7 cm³/mol. The van der Waals surface area contributed by atoms with E-state index >= 15 is 0 Å². The third-order valence-corrected chi connectivity index (χ3v) is 3.31. The van der Waals surface area contributed by atoms with Crippen LogP contribution in [0.2, 0.25) is 0 Å². The Bertz CT molecular complexity index is 610. The topological polar surface area (TPSA) is 27.6 Å². The summed E-state index contributed by atoms with van der Waals surface area (Å²) >= 11 is 0. The van der Waals surface area contributed by atoms with E-state index in [4.69, 9.17) is 0 Å². The van der Waals surface area contributed by atoms with Gasteiger partial charge in [0.05, 0.1) is 23.6 Å². The Morgan fingerprint density at radius 3 is 2.62 bits per heavy atom. The summed E-state index contributed by atoms with van der Waals surface area (Å²) in [6.45, 7) is 0.158. The standard InChI is InChI=1S/C17H20FN3/c1-19-16-9-5-6-10-17(16)21(2)12-11-20-15-8-4-3-7-14(15)13-18/h3-11,19H,12-13H2,1-2H3. The molecule has 0 saturated heterocycles. The van der Waals surface area contributed by atoms with Crippen molar-refractivity contribution >= 4 is 23.3 Å². The molecule has 0 radical (unpaired) electrons. The van der Waals surface area contributed by atoms with E-state index in [1.54, 1.807) is 12.3 Å². The van der Waals surface area contributed by atoms with Crippen molar-refractivity contribution in [2.75, 3.05) is 30.9 Å². The van der Waals surface area contributed by atoms with Crippen LogP contribution in [0.15, 0.2) is 53.5 Å². The lowest BCUT2D eigenvalue weighted by Crippen LogP contribution is -2.20. The molecule has 0 heterocycles. The van der Waals surface area contributed by atoms with E-state index in [2.05, 4.69) is 21.3 Å². The molecule has 2 aromatic rings. The molecule has 0 aliphatic carbocycles. The van der Waals surface area contributed by atoms with Crippen LogP contribution >= 0.6 is 0 Å². The summed E-state index contributed by atoms with van der Waals surface area (Å²) in [5.41, 5.74) is 3.48. The van der Waals surface area contributed by atoms with Crippen molar-refractivity contribution in [3.8, 4) is 0 Å². The molecule has 110 valence electrons. The first-order valence-corrected chi connectivity index (χ1v) is 6.90. The van der Waals surface area contributed by atoms with Crippen molar-refractivity contribution in [3.05, 3.63) is 54.1 Å². The van der Waals surface area contributed by atoms with Crippen molar-refractivity contribution in [1.82, 2.24) is 0 Å². The Hall–Kier alpha value is -2.36. The molecular formula is C17H20FN3. The molecule has 0 fully saturated rings. The first kappa shape index (κ1) is 15.0. The van der Waals surface area contributed by atoms with Crippen molar-refractivity contribution in [2.45, 2.75) is 6.67 Å². The van der Waals surface area contributed by atoms with E-state index < -0.39 is 6.67 Å². The SMILES string of the molecule is CNc1ccccc1N(C)CC=Nc1ccccc1CF. The van der Waals surface area contributed by atoms with Crippen LogP contribution in [-0.4, -0.2) is 26.9 Å². The summed E-state index contributed by atoms with van der Waals surface area (Å²) < 4.78 is 12.8. The molecule has 0 bridgehead atoms. The van der Waals surface area contributed by atoms with Gasteiger partial charge in [0.1, 0.15) is 6.67 Å². The van der Waals surface area contributed by atoms with Crippen molar-refractivity contribution in [2.24, 2.45) is 4.99 Å². The van der Waals surface area contributed by atoms with E-state index in [-0.39, 0.29) is 0 Å². The van der Waals surface area contributed by atoms with E-state index in [1.807, 2.05) is 50.5 Å². The normalized spacial score (nSPS) is 10.8. The van der Waals surface area contributed by atoms with Crippen LogP contribution in [0.5, 0.6) is 0 Å². The van der Waals surface area contributed by atoms with Crippen LogP contribution in [0, 0.1) is 0 Å². The number of nitrogens with zero attached hydrogens (tertiary/aromatic N) is 2. The molecule has 4 heteroatoms. The van der Waals surface area contributed by atoms with E-state index in [9.17, 15) is 4.39 Å². The Labute approximate surface area is 125 Å². The Balaban J connectivity index is 2.07. The van der Waals surface area contributed by atoms with Gasteiger partial charge in [0, 0.05) is 25.9 Å². The van der Waals surface area contributed by atoms with Crippen molar-refractivity contribution in [3.63, 3.8) is 0 Å². The zero-order chi connectivity index (χ0) is 15.1. The average Bonchev–Trinajstić information content (AvgIpc) is 2.55. The summed E-state index contributed by atoms with van der Waals surface area (Å²) in [5, 5.41) is 3.17. The molecule has 0 saturated carbocycles. The molecule has 21 heavy (non-hydrogen) atoms. The maximum absolute atomic E-state index is 12.8. The number of para-hydroxylation sites is 3. The second-order valence-corrected chi connectivity index (χ2v) is 4.72. The Kier molecular flexibility index (Phi) is 5.32. The number of rotatable bonds is 6. The number of hydrogen-bond donors (Lipinski definition) is 1. The molecule has 0 aliphatic rings. The lowest BCUT2D eigenvalue weighted by Gasteiger charge is -2.20. The van der Waals surface area contributed by atoms with Gasteiger partial charge in [-0.3, -0.25) is 4.99 Å². The maximum Gasteiger partial charge on any atom is 0.117 e. The molecule has 3 nitrogen and oxygen atoms in total. The summed E-state index contributed by atoms with van der Waals surface area (Å²) in [6.07, 6.45) is 1.81. The lowest BCUT2D eigenvalue weighted by atomic mass is 10.2. The highest BCUT2D eigenvalue weighted by Gasteiger charge is 2.04.